The van der Waals surface area contributed by atoms with Gasteiger partial charge in [-0.05, 0) is 31.5 Å². The minimum atomic E-state index is 0.581. The minimum absolute atomic E-state index is 0.581. The van der Waals surface area contributed by atoms with Gasteiger partial charge >= 0.3 is 0 Å². The zero-order valence-corrected chi connectivity index (χ0v) is 10.1. The third-order valence-corrected chi connectivity index (χ3v) is 2.19. The fourth-order valence-electron chi connectivity index (χ4n) is 1.19. The highest BCUT2D eigenvalue weighted by Crippen LogP contribution is 1.95. The molecule has 14 heavy (non-hydrogen) atoms. The number of allylic oxidation sites excluding steroid dienone is 1. The lowest BCUT2D eigenvalue weighted by Gasteiger charge is -2.17. The summed E-state index contributed by atoms with van der Waals surface area (Å²) in [4.78, 5) is 2.41. The molecule has 0 aliphatic carbocycles. The van der Waals surface area contributed by atoms with E-state index in [0.29, 0.717) is 5.92 Å². The van der Waals surface area contributed by atoms with Crippen LogP contribution < -0.4 is 0 Å². The molecule has 0 saturated heterocycles. The summed E-state index contributed by atoms with van der Waals surface area (Å²) < 4.78 is 5.38. The lowest BCUT2D eigenvalue weighted by Crippen LogP contribution is -2.24. The van der Waals surface area contributed by atoms with Crippen molar-refractivity contribution in [3.8, 4) is 0 Å². The molecule has 0 saturated carbocycles. The zero-order chi connectivity index (χ0) is 10.8. The van der Waals surface area contributed by atoms with E-state index in [2.05, 4.69) is 38.7 Å². The highest BCUT2D eigenvalue weighted by atomic mass is 16.5. The summed E-state index contributed by atoms with van der Waals surface area (Å²) in [5.41, 5.74) is 0. The summed E-state index contributed by atoms with van der Waals surface area (Å²) in [5, 5.41) is 0. The SMILES string of the molecule is CCN(CC)CCCOC=CC(C)C. The van der Waals surface area contributed by atoms with Gasteiger partial charge in [0.2, 0.25) is 0 Å². The maximum Gasteiger partial charge on any atom is 0.0885 e. The Morgan fingerprint density at radius 2 is 1.86 bits per heavy atom. The van der Waals surface area contributed by atoms with Gasteiger partial charge in [-0.15, -0.1) is 0 Å². The van der Waals surface area contributed by atoms with Crippen molar-refractivity contribution < 1.29 is 4.74 Å². The van der Waals surface area contributed by atoms with Gasteiger partial charge in [0.25, 0.3) is 0 Å². The molecule has 0 heterocycles. The third kappa shape index (κ3) is 8.11. The molecule has 0 aliphatic heterocycles. The van der Waals surface area contributed by atoms with Crippen LogP contribution in [0.2, 0.25) is 0 Å². The summed E-state index contributed by atoms with van der Waals surface area (Å²) in [5.74, 6) is 0.581. The fraction of sp³-hybridized carbons (Fsp3) is 0.833. The molecule has 0 fully saturated rings. The summed E-state index contributed by atoms with van der Waals surface area (Å²) in [6, 6.07) is 0. The molecule has 2 heteroatoms. The predicted molar refractivity (Wildman–Crippen MR) is 62.3 cm³/mol. The molecule has 0 atom stereocenters. The van der Waals surface area contributed by atoms with E-state index < -0.39 is 0 Å². The Balaban J connectivity index is 3.28. The smallest absolute Gasteiger partial charge is 0.0885 e. The molecule has 2 nitrogen and oxygen atoms in total. The first-order valence-corrected chi connectivity index (χ1v) is 5.71. The van der Waals surface area contributed by atoms with Crippen molar-refractivity contribution >= 4 is 0 Å². The Labute approximate surface area is 88.9 Å². The number of hydrogen-bond acceptors (Lipinski definition) is 2. The Morgan fingerprint density at radius 1 is 1.21 bits per heavy atom. The molecule has 0 rings (SSSR count). The minimum Gasteiger partial charge on any atom is -0.501 e. The van der Waals surface area contributed by atoms with Crippen molar-refractivity contribution in [3.63, 3.8) is 0 Å². The van der Waals surface area contributed by atoms with E-state index in [-0.39, 0.29) is 0 Å². The first-order valence-electron chi connectivity index (χ1n) is 5.71. The molecule has 0 aromatic carbocycles. The molecule has 0 aliphatic rings. The van der Waals surface area contributed by atoms with Crippen LogP contribution in [0.1, 0.15) is 34.1 Å². The monoisotopic (exact) mass is 199 g/mol. The molecule has 0 amide bonds. The van der Waals surface area contributed by atoms with Crippen LogP contribution in [0.4, 0.5) is 0 Å². The van der Waals surface area contributed by atoms with Crippen molar-refractivity contribution in [3.05, 3.63) is 12.3 Å². The Bertz CT molecular complexity index is 139. The number of nitrogens with zero attached hydrogens (tertiary/aromatic N) is 1. The molecule has 0 radical (unpaired) electrons. The van der Waals surface area contributed by atoms with Gasteiger partial charge in [-0.1, -0.05) is 27.7 Å². The van der Waals surface area contributed by atoms with Gasteiger partial charge in [0, 0.05) is 6.54 Å². The van der Waals surface area contributed by atoms with Gasteiger partial charge in [0.15, 0.2) is 0 Å². The van der Waals surface area contributed by atoms with Gasteiger partial charge in [0.05, 0.1) is 12.9 Å². The van der Waals surface area contributed by atoms with Crippen LogP contribution in [0.5, 0.6) is 0 Å². The van der Waals surface area contributed by atoms with Crippen LogP contribution in [0, 0.1) is 5.92 Å². The molecule has 0 spiro atoms. The molecule has 0 N–H and O–H groups in total. The van der Waals surface area contributed by atoms with Gasteiger partial charge in [-0.3, -0.25) is 0 Å². The van der Waals surface area contributed by atoms with Crippen LogP contribution in [0.15, 0.2) is 12.3 Å². The number of ether oxygens (including phenoxy) is 1. The van der Waals surface area contributed by atoms with Crippen molar-refractivity contribution in [2.45, 2.75) is 34.1 Å². The van der Waals surface area contributed by atoms with E-state index in [1.54, 1.807) is 0 Å². The van der Waals surface area contributed by atoms with Gasteiger partial charge in [-0.25, -0.2) is 0 Å². The molecule has 84 valence electrons. The van der Waals surface area contributed by atoms with Gasteiger partial charge < -0.3 is 9.64 Å². The maximum absolute atomic E-state index is 5.38. The van der Waals surface area contributed by atoms with Crippen molar-refractivity contribution in [1.82, 2.24) is 4.90 Å². The number of hydrogen-bond donors (Lipinski definition) is 0. The van der Waals surface area contributed by atoms with Crippen LogP contribution >= 0.6 is 0 Å². The van der Waals surface area contributed by atoms with Crippen LogP contribution in [0.3, 0.4) is 0 Å². The summed E-state index contributed by atoms with van der Waals surface area (Å²) in [6.45, 7) is 12.9. The van der Waals surface area contributed by atoms with Crippen molar-refractivity contribution in [2.24, 2.45) is 5.92 Å². The standard InChI is InChI=1S/C12H25NO/c1-5-13(6-2)9-7-10-14-11-8-12(3)4/h8,11-12H,5-7,9-10H2,1-4H3. The van der Waals surface area contributed by atoms with Crippen molar-refractivity contribution in [2.75, 3.05) is 26.2 Å². The van der Waals surface area contributed by atoms with E-state index in [1.807, 2.05) is 6.26 Å². The summed E-state index contributed by atoms with van der Waals surface area (Å²) >= 11 is 0. The Morgan fingerprint density at radius 3 is 2.36 bits per heavy atom. The maximum atomic E-state index is 5.38. The quantitative estimate of drug-likeness (QED) is 0.440. The van der Waals surface area contributed by atoms with Gasteiger partial charge in [-0.2, -0.15) is 0 Å². The predicted octanol–water partition coefficient (Wildman–Crippen LogP) is 2.90. The zero-order valence-electron chi connectivity index (χ0n) is 10.1. The first-order chi connectivity index (χ1) is 6.70. The highest BCUT2D eigenvalue weighted by molar-refractivity contribution is 4.76. The number of rotatable bonds is 8. The lowest BCUT2D eigenvalue weighted by atomic mass is 10.2. The van der Waals surface area contributed by atoms with E-state index in [4.69, 9.17) is 4.74 Å². The normalized spacial score (nSPS) is 11.9. The second-order valence-corrected chi connectivity index (χ2v) is 3.82. The van der Waals surface area contributed by atoms with E-state index >= 15 is 0 Å². The topological polar surface area (TPSA) is 12.5 Å². The summed E-state index contributed by atoms with van der Waals surface area (Å²) in [7, 11) is 0. The van der Waals surface area contributed by atoms with E-state index in [1.165, 1.54) is 0 Å². The third-order valence-electron chi connectivity index (χ3n) is 2.19. The Hall–Kier alpha value is -0.500. The van der Waals surface area contributed by atoms with Crippen LogP contribution in [-0.2, 0) is 4.74 Å². The van der Waals surface area contributed by atoms with Crippen LogP contribution in [0.25, 0.3) is 0 Å². The molecule has 0 aromatic rings. The molecular formula is C12H25NO. The van der Waals surface area contributed by atoms with Gasteiger partial charge in [0.1, 0.15) is 0 Å². The summed E-state index contributed by atoms with van der Waals surface area (Å²) in [6.07, 6.45) is 5.02. The second-order valence-electron chi connectivity index (χ2n) is 3.82. The largest absolute Gasteiger partial charge is 0.501 e. The Kier molecular flexibility index (Phi) is 8.75. The molecule has 0 unspecified atom stereocenters. The van der Waals surface area contributed by atoms with Crippen LogP contribution in [-0.4, -0.2) is 31.1 Å². The van der Waals surface area contributed by atoms with E-state index in [9.17, 15) is 0 Å². The molecular weight excluding hydrogens is 174 g/mol. The highest BCUT2D eigenvalue weighted by Gasteiger charge is 1.96. The van der Waals surface area contributed by atoms with Crippen molar-refractivity contribution in [1.29, 1.82) is 0 Å². The lowest BCUT2D eigenvalue weighted by molar-refractivity contribution is 0.211. The average Bonchev–Trinajstić information content (AvgIpc) is 2.16. The van der Waals surface area contributed by atoms with E-state index in [0.717, 1.165) is 32.7 Å². The first kappa shape index (κ1) is 13.5. The second kappa shape index (κ2) is 9.07. The molecule has 0 bridgehead atoms. The molecule has 0 aromatic heterocycles. The average molecular weight is 199 g/mol. The fourth-order valence-corrected chi connectivity index (χ4v) is 1.19.